The van der Waals surface area contributed by atoms with Gasteiger partial charge in [0.15, 0.2) is 0 Å². The molecule has 5 nitrogen and oxygen atoms in total. The molecule has 0 amide bonds. The summed E-state index contributed by atoms with van der Waals surface area (Å²) in [4.78, 5) is 22.5. The fourth-order valence-corrected chi connectivity index (χ4v) is 1.13. The molecule has 1 N–H and O–H groups in total. The number of ketones is 1. The largest absolute Gasteiger partial charge is 0.429 e. The highest BCUT2D eigenvalue weighted by atomic mass is 16.6. The Morgan fingerprint density at radius 1 is 1.33 bits per heavy atom. The van der Waals surface area contributed by atoms with Gasteiger partial charge in [0.2, 0.25) is 5.78 Å². The number of Topliss-reactive ketones (excluding diaryl/α,β-unsaturated/α-hetero) is 1. The minimum atomic E-state index is -0.988. The summed E-state index contributed by atoms with van der Waals surface area (Å²) in [6, 6.07) is 8.46. The monoisotopic (exact) mass is 204 g/mol. The third kappa shape index (κ3) is 2.01. The summed E-state index contributed by atoms with van der Waals surface area (Å²) < 4.78 is 4.89. The van der Waals surface area contributed by atoms with Gasteiger partial charge in [-0.25, -0.2) is 4.79 Å². The number of nitrogens with one attached hydrogen (secondary N) is 1. The van der Waals surface area contributed by atoms with Crippen molar-refractivity contribution in [2.75, 3.05) is 0 Å². The molecule has 1 aromatic rings. The van der Waals surface area contributed by atoms with Crippen molar-refractivity contribution < 1.29 is 14.3 Å². The number of rotatable bonds is 2. The van der Waals surface area contributed by atoms with Crippen molar-refractivity contribution in [3.8, 4) is 0 Å². The molecule has 1 heterocycles. The molecule has 0 bridgehead atoms. The van der Waals surface area contributed by atoms with E-state index >= 15 is 0 Å². The normalized spacial score (nSPS) is 18.7. The molecule has 0 radical (unpaired) electrons. The van der Waals surface area contributed by atoms with E-state index in [1.54, 1.807) is 30.3 Å². The van der Waals surface area contributed by atoms with E-state index in [4.69, 9.17) is 4.74 Å². The van der Waals surface area contributed by atoms with Gasteiger partial charge in [0, 0.05) is 0 Å². The highest BCUT2D eigenvalue weighted by molar-refractivity contribution is 6.31. The van der Waals surface area contributed by atoms with Crippen molar-refractivity contribution >= 4 is 18.0 Å². The standard InChI is InChI=1S/C10H8N2O3/c13-8-6-11-12-9(8)15-10(14)7-4-2-1-3-5-7/h1-6,9,12H. The number of ether oxygens (including phenoxy) is 1. The second kappa shape index (κ2) is 3.91. The number of hydrogen-bond donors (Lipinski definition) is 1. The van der Waals surface area contributed by atoms with Crippen molar-refractivity contribution in [2.45, 2.75) is 6.23 Å². The number of carbonyl (C=O) groups is 2. The van der Waals surface area contributed by atoms with Crippen molar-refractivity contribution in [3.63, 3.8) is 0 Å². The fraction of sp³-hybridized carbons (Fsp3) is 0.100. The number of carbonyl (C=O) groups excluding carboxylic acids is 2. The van der Waals surface area contributed by atoms with E-state index in [9.17, 15) is 9.59 Å². The van der Waals surface area contributed by atoms with E-state index in [0.717, 1.165) is 6.21 Å². The molecule has 0 spiro atoms. The molecule has 2 rings (SSSR count). The van der Waals surface area contributed by atoms with Gasteiger partial charge in [0.05, 0.1) is 11.8 Å². The van der Waals surface area contributed by atoms with Crippen molar-refractivity contribution in [2.24, 2.45) is 5.10 Å². The van der Waals surface area contributed by atoms with Crippen LogP contribution >= 0.6 is 0 Å². The molecule has 0 saturated carbocycles. The van der Waals surface area contributed by atoms with E-state index < -0.39 is 12.2 Å². The first-order chi connectivity index (χ1) is 7.27. The Labute approximate surface area is 85.7 Å². The van der Waals surface area contributed by atoms with E-state index in [-0.39, 0.29) is 5.78 Å². The summed E-state index contributed by atoms with van der Waals surface area (Å²) in [6.07, 6.45) is 0.0980. The van der Waals surface area contributed by atoms with Crippen LogP contribution in [0.3, 0.4) is 0 Å². The maximum atomic E-state index is 11.5. The zero-order chi connectivity index (χ0) is 10.7. The molecule has 5 heteroatoms. The summed E-state index contributed by atoms with van der Waals surface area (Å²) in [7, 11) is 0. The van der Waals surface area contributed by atoms with Gasteiger partial charge < -0.3 is 4.74 Å². The predicted molar refractivity (Wildman–Crippen MR) is 52.3 cm³/mol. The predicted octanol–water partition coefficient (Wildman–Crippen LogP) is 0.328. The van der Waals surface area contributed by atoms with Gasteiger partial charge in [-0.1, -0.05) is 18.2 Å². The lowest BCUT2D eigenvalue weighted by molar-refractivity contribution is -0.121. The smallest absolute Gasteiger partial charge is 0.340 e. The molecular weight excluding hydrogens is 196 g/mol. The third-order valence-electron chi connectivity index (χ3n) is 1.88. The number of benzene rings is 1. The summed E-state index contributed by atoms with van der Waals surface area (Å²) in [5.41, 5.74) is 2.79. The second-order valence-corrected chi connectivity index (χ2v) is 2.94. The SMILES string of the molecule is O=C(OC1NN=CC1=O)c1ccccc1. The first-order valence-electron chi connectivity index (χ1n) is 4.36. The van der Waals surface area contributed by atoms with Crippen LogP contribution in [0, 0.1) is 0 Å². The maximum Gasteiger partial charge on any atom is 0.340 e. The van der Waals surface area contributed by atoms with Crippen LogP contribution in [-0.4, -0.2) is 24.2 Å². The molecule has 0 aliphatic carbocycles. The van der Waals surface area contributed by atoms with Crippen LogP contribution in [0.5, 0.6) is 0 Å². The average Bonchev–Trinajstić information content (AvgIpc) is 2.66. The third-order valence-corrected chi connectivity index (χ3v) is 1.88. The van der Waals surface area contributed by atoms with Gasteiger partial charge >= 0.3 is 5.97 Å². The maximum absolute atomic E-state index is 11.5. The van der Waals surface area contributed by atoms with Crippen LogP contribution in [0.1, 0.15) is 10.4 Å². The first kappa shape index (κ1) is 9.39. The second-order valence-electron chi connectivity index (χ2n) is 2.94. The average molecular weight is 204 g/mol. The molecule has 1 aliphatic heterocycles. The van der Waals surface area contributed by atoms with Gasteiger partial charge in [0.25, 0.3) is 6.23 Å². The number of esters is 1. The van der Waals surface area contributed by atoms with Gasteiger partial charge in [0.1, 0.15) is 0 Å². The highest BCUT2D eigenvalue weighted by Gasteiger charge is 2.25. The quantitative estimate of drug-likeness (QED) is 0.705. The number of hydrazone groups is 1. The van der Waals surface area contributed by atoms with Crippen LogP contribution in [0.25, 0.3) is 0 Å². The Morgan fingerprint density at radius 3 is 2.67 bits per heavy atom. The Morgan fingerprint density at radius 2 is 2.07 bits per heavy atom. The van der Waals surface area contributed by atoms with E-state index in [1.165, 1.54) is 0 Å². The van der Waals surface area contributed by atoms with Crippen molar-refractivity contribution in [1.82, 2.24) is 5.43 Å². The molecule has 76 valence electrons. The van der Waals surface area contributed by atoms with Crippen LogP contribution in [0.15, 0.2) is 35.4 Å². The lowest BCUT2D eigenvalue weighted by Crippen LogP contribution is -2.33. The molecule has 1 aromatic carbocycles. The zero-order valence-electron chi connectivity index (χ0n) is 7.71. The molecule has 1 unspecified atom stereocenters. The minimum absolute atomic E-state index is 0.362. The lowest BCUT2D eigenvalue weighted by atomic mass is 10.2. The van der Waals surface area contributed by atoms with Crippen molar-refractivity contribution in [1.29, 1.82) is 0 Å². The molecule has 0 fully saturated rings. The van der Waals surface area contributed by atoms with Crippen LogP contribution in [0.4, 0.5) is 0 Å². The summed E-state index contributed by atoms with van der Waals surface area (Å²) >= 11 is 0. The summed E-state index contributed by atoms with van der Waals surface area (Å²) in [6.45, 7) is 0. The zero-order valence-corrected chi connectivity index (χ0v) is 7.71. The minimum Gasteiger partial charge on any atom is -0.429 e. The lowest BCUT2D eigenvalue weighted by Gasteiger charge is -2.09. The van der Waals surface area contributed by atoms with Gasteiger partial charge in [-0.15, -0.1) is 0 Å². The summed E-state index contributed by atoms with van der Waals surface area (Å²) in [5.74, 6) is -0.911. The molecule has 0 saturated heterocycles. The number of hydrogen-bond acceptors (Lipinski definition) is 5. The van der Waals surface area contributed by atoms with Gasteiger partial charge in [-0.2, -0.15) is 5.10 Å². The van der Waals surface area contributed by atoms with Crippen LogP contribution in [-0.2, 0) is 9.53 Å². The Bertz CT molecular complexity index is 414. The fourth-order valence-electron chi connectivity index (χ4n) is 1.13. The van der Waals surface area contributed by atoms with Crippen LogP contribution in [0.2, 0.25) is 0 Å². The van der Waals surface area contributed by atoms with E-state index in [1.807, 2.05) is 0 Å². The highest BCUT2D eigenvalue weighted by Crippen LogP contribution is 2.04. The Kier molecular flexibility index (Phi) is 2.45. The first-order valence-corrected chi connectivity index (χ1v) is 4.36. The molecule has 0 aromatic heterocycles. The Balaban J connectivity index is 2.02. The van der Waals surface area contributed by atoms with E-state index in [0.29, 0.717) is 5.56 Å². The number of nitrogens with zero attached hydrogens (tertiary/aromatic N) is 1. The van der Waals surface area contributed by atoms with Crippen LogP contribution < -0.4 is 5.43 Å². The van der Waals surface area contributed by atoms with E-state index in [2.05, 4.69) is 10.5 Å². The van der Waals surface area contributed by atoms with Gasteiger partial charge in [-0.3, -0.25) is 10.2 Å². The molecule has 1 aliphatic rings. The topological polar surface area (TPSA) is 67.8 Å². The Hall–Kier alpha value is -2.17. The summed E-state index contributed by atoms with van der Waals surface area (Å²) in [5, 5.41) is 3.49. The molecule has 15 heavy (non-hydrogen) atoms. The molecule has 1 atom stereocenters. The van der Waals surface area contributed by atoms with Gasteiger partial charge in [-0.05, 0) is 12.1 Å². The van der Waals surface area contributed by atoms with Crippen molar-refractivity contribution in [3.05, 3.63) is 35.9 Å². The molecular formula is C10H8N2O3.